The molecule has 0 unspecified atom stereocenters. The van der Waals surface area contributed by atoms with Crippen molar-refractivity contribution in [2.75, 3.05) is 0 Å². The molecule has 2 atom stereocenters. The molecule has 3 aromatic rings. The highest BCUT2D eigenvalue weighted by Gasteiger charge is 2.42. The topological polar surface area (TPSA) is 24.8 Å². The maximum absolute atomic E-state index is 6.53. The van der Waals surface area contributed by atoms with Crippen LogP contribution in [0, 0.1) is 0 Å². The van der Waals surface area contributed by atoms with E-state index in [0.717, 1.165) is 48.0 Å². The fourth-order valence-corrected chi connectivity index (χ4v) is 5.66. The third kappa shape index (κ3) is 3.54. The van der Waals surface area contributed by atoms with E-state index >= 15 is 0 Å². The molecule has 0 amide bonds. The number of ether oxygens (including phenoxy) is 1. The summed E-state index contributed by atoms with van der Waals surface area (Å²) in [5, 5.41) is 7.70. The fraction of sp³-hybridized carbons (Fsp3) is 0.136. The van der Waals surface area contributed by atoms with E-state index in [1.807, 2.05) is 47.5 Å². The number of hydrazone groups is 1. The Labute approximate surface area is 199 Å². The van der Waals surface area contributed by atoms with E-state index in [2.05, 4.69) is 66.0 Å². The number of hydrogen-bond donors (Lipinski definition) is 0. The van der Waals surface area contributed by atoms with E-state index in [4.69, 9.17) is 21.4 Å². The van der Waals surface area contributed by atoms with Gasteiger partial charge in [0.1, 0.15) is 5.75 Å². The first-order valence-electron chi connectivity index (χ1n) is 9.03. The summed E-state index contributed by atoms with van der Waals surface area (Å²) in [5.41, 5.74) is 4.15. The normalized spacial score (nSPS) is 20.0. The summed E-state index contributed by atoms with van der Waals surface area (Å²) in [6.07, 6.45) is 0.397. The van der Waals surface area contributed by atoms with Crippen LogP contribution in [0.1, 0.15) is 35.4 Å². The van der Waals surface area contributed by atoms with Gasteiger partial charge in [-0.1, -0.05) is 73.8 Å². The lowest BCUT2D eigenvalue weighted by Crippen LogP contribution is -2.34. The molecule has 2 aliphatic heterocycles. The summed E-state index contributed by atoms with van der Waals surface area (Å²) in [5.74, 6) is 0.839. The van der Waals surface area contributed by atoms with E-state index in [-0.39, 0.29) is 6.04 Å². The zero-order chi connectivity index (χ0) is 20.1. The van der Waals surface area contributed by atoms with Crippen LogP contribution in [0.15, 0.2) is 79.2 Å². The van der Waals surface area contributed by atoms with Crippen LogP contribution in [0.25, 0.3) is 0 Å². The van der Waals surface area contributed by atoms with Crippen LogP contribution in [0.5, 0.6) is 5.75 Å². The van der Waals surface area contributed by atoms with Crippen molar-refractivity contribution in [3.63, 3.8) is 0 Å². The third-order valence-electron chi connectivity index (χ3n) is 5.16. The second kappa shape index (κ2) is 7.73. The Hall–Kier alpha value is -1.34. The lowest BCUT2D eigenvalue weighted by molar-refractivity contribution is -0.0196. The van der Waals surface area contributed by atoms with Gasteiger partial charge in [-0.2, -0.15) is 5.10 Å². The minimum absolute atomic E-state index is 0.0625. The van der Waals surface area contributed by atoms with Crippen LogP contribution in [-0.4, -0.2) is 10.7 Å². The molecule has 2 heterocycles. The quantitative estimate of drug-likeness (QED) is 0.301. The van der Waals surface area contributed by atoms with Crippen LogP contribution < -0.4 is 4.74 Å². The fourth-order valence-electron chi connectivity index (χ4n) is 3.81. The first-order chi connectivity index (χ1) is 14.0. The molecule has 0 radical (unpaired) electrons. The largest absolute Gasteiger partial charge is 0.463 e. The number of nitrogens with zero attached hydrogens (tertiary/aromatic N) is 2. The van der Waals surface area contributed by atoms with Crippen molar-refractivity contribution in [1.82, 2.24) is 5.01 Å². The van der Waals surface area contributed by atoms with Gasteiger partial charge in [-0.25, -0.2) is 5.01 Å². The van der Waals surface area contributed by atoms with Crippen LogP contribution in [0.2, 0.25) is 5.02 Å². The number of halogens is 4. The Morgan fingerprint density at radius 3 is 2.45 bits per heavy atom. The molecule has 3 nitrogen and oxygen atoms in total. The molecule has 0 spiro atoms. The van der Waals surface area contributed by atoms with Gasteiger partial charge in [0.15, 0.2) is 0 Å². The van der Waals surface area contributed by atoms with Crippen LogP contribution >= 0.6 is 59.4 Å². The minimum Gasteiger partial charge on any atom is -0.463 e. The molecule has 0 aromatic heterocycles. The third-order valence-corrected chi connectivity index (χ3v) is 7.08. The highest BCUT2D eigenvalue weighted by molar-refractivity contribution is 9.11. The van der Waals surface area contributed by atoms with E-state index in [1.165, 1.54) is 0 Å². The van der Waals surface area contributed by atoms with E-state index in [1.54, 1.807) is 0 Å². The molecule has 0 saturated heterocycles. The SMILES string of the molecule is Clc1ccccc1[C@@H]1Oc2c(Br)cc(Br)cc2[C@H]2CC(c3ccc(Br)cc3)=NN21. The first kappa shape index (κ1) is 19.6. The Morgan fingerprint density at radius 2 is 1.69 bits per heavy atom. The van der Waals surface area contributed by atoms with Gasteiger partial charge in [-0.05, 0) is 51.8 Å². The molecular formula is C22H14Br3ClN2O. The molecule has 29 heavy (non-hydrogen) atoms. The average molecular weight is 598 g/mol. The molecule has 7 heteroatoms. The van der Waals surface area contributed by atoms with Crippen LogP contribution in [-0.2, 0) is 0 Å². The highest BCUT2D eigenvalue weighted by atomic mass is 79.9. The maximum Gasteiger partial charge on any atom is 0.215 e. The van der Waals surface area contributed by atoms with Crippen molar-refractivity contribution >= 4 is 65.1 Å². The molecule has 146 valence electrons. The predicted octanol–water partition coefficient (Wildman–Crippen LogP) is 7.87. The minimum atomic E-state index is -0.397. The number of benzene rings is 3. The first-order valence-corrected chi connectivity index (χ1v) is 11.8. The molecular weight excluding hydrogens is 583 g/mol. The van der Waals surface area contributed by atoms with Gasteiger partial charge in [-0.3, -0.25) is 0 Å². The Balaban J connectivity index is 1.65. The standard InChI is InChI=1S/C22H14Br3ClN2O/c23-13-7-5-12(6-8-13)19-11-20-16-9-14(24)10-17(25)21(16)29-22(28(20)27-19)15-3-1-2-4-18(15)26/h1-10,20,22H,11H2/t20-,22+/m1/s1. The summed E-state index contributed by atoms with van der Waals surface area (Å²) in [7, 11) is 0. The molecule has 0 N–H and O–H groups in total. The lowest BCUT2D eigenvalue weighted by atomic mass is 9.96. The number of rotatable bonds is 2. The number of hydrogen-bond acceptors (Lipinski definition) is 3. The molecule has 0 aliphatic carbocycles. The van der Waals surface area contributed by atoms with Crippen molar-refractivity contribution in [2.24, 2.45) is 5.10 Å². The molecule has 5 rings (SSSR count). The van der Waals surface area contributed by atoms with E-state index in [0.29, 0.717) is 5.02 Å². The summed E-state index contributed by atoms with van der Waals surface area (Å²) in [6, 6.07) is 20.2. The van der Waals surface area contributed by atoms with E-state index < -0.39 is 6.23 Å². The van der Waals surface area contributed by atoms with Crippen molar-refractivity contribution in [3.8, 4) is 5.75 Å². The van der Waals surface area contributed by atoms with Gasteiger partial charge < -0.3 is 4.74 Å². The second-order valence-corrected chi connectivity index (χ2v) is 10.0. The van der Waals surface area contributed by atoms with E-state index in [9.17, 15) is 0 Å². The number of fused-ring (bicyclic) bond motifs is 3. The Morgan fingerprint density at radius 1 is 0.931 bits per heavy atom. The van der Waals surface area contributed by atoms with Gasteiger partial charge in [0.25, 0.3) is 0 Å². The van der Waals surface area contributed by atoms with Gasteiger partial charge in [0.05, 0.1) is 16.2 Å². The smallest absolute Gasteiger partial charge is 0.215 e. The van der Waals surface area contributed by atoms with Gasteiger partial charge in [0.2, 0.25) is 6.23 Å². The molecule has 2 aliphatic rings. The lowest BCUT2D eigenvalue weighted by Gasteiger charge is -2.39. The maximum atomic E-state index is 6.53. The Bertz CT molecular complexity index is 1130. The van der Waals surface area contributed by atoms with Gasteiger partial charge in [-0.15, -0.1) is 0 Å². The second-order valence-electron chi connectivity index (χ2n) is 6.95. The van der Waals surface area contributed by atoms with Crippen molar-refractivity contribution in [3.05, 3.63) is 95.8 Å². The zero-order valence-corrected chi connectivity index (χ0v) is 20.5. The molecule has 0 bridgehead atoms. The molecule has 3 aromatic carbocycles. The summed E-state index contributed by atoms with van der Waals surface area (Å²) >= 11 is 17.3. The molecule has 0 saturated carbocycles. The zero-order valence-electron chi connectivity index (χ0n) is 14.9. The van der Waals surface area contributed by atoms with Crippen molar-refractivity contribution < 1.29 is 4.74 Å². The van der Waals surface area contributed by atoms with Crippen molar-refractivity contribution in [1.29, 1.82) is 0 Å². The van der Waals surface area contributed by atoms with Crippen LogP contribution in [0.3, 0.4) is 0 Å². The Kier molecular flexibility index (Phi) is 5.23. The summed E-state index contributed by atoms with van der Waals surface area (Å²) < 4.78 is 9.42. The monoisotopic (exact) mass is 594 g/mol. The molecule has 0 fully saturated rings. The van der Waals surface area contributed by atoms with Gasteiger partial charge in [0, 0.05) is 31.5 Å². The highest BCUT2D eigenvalue weighted by Crippen LogP contribution is 2.51. The van der Waals surface area contributed by atoms with Crippen molar-refractivity contribution in [2.45, 2.75) is 18.7 Å². The average Bonchev–Trinajstić information content (AvgIpc) is 3.14. The van der Waals surface area contributed by atoms with Gasteiger partial charge >= 0.3 is 0 Å². The summed E-state index contributed by atoms with van der Waals surface area (Å²) in [6.45, 7) is 0. The van der Waals surface area contributed by atoms with Crippen LogP contribution in [0.4, 0.5) is 0 Å². The predicted molar refractivity (Wildman–Crippen MR) is 127 cm³/mol. The summed E-state index contributed by atoms with van der Waals surface area (Å²) in [4.78, 5) is 0.